The van der Waals surface area contributed by atoms with E-state index >= 15 is 0 Å². The third kappa shape index (κ3) is 2.38. The summed E-state index contributed by atoms with van der Waals surface area (Å²) in [5.41, 5.74) is 1.79. The fraction of sp³-hybridized carbons (Fsp3) is 0.400. The highest BCUT2D eigenvalue weighted by Crippen LogP contribution is 2.31. The molecule has 92 valence electrons. The number of furan rings is 1. The summed E-state index contributed by atoms with van der Waals surface area (Å²) in [5, 5.41) is 11.7. The number of halogens is 2. The number of hydrogen-bond donors (Lipinski definition) is 1. The first-order chi connectivity index (χ1) is 8.15. The van der Waals surface area contributed by atoms with Crippen molar-refractivity contribution in [1.82, 2.24) is 20.3 Å². The van der Waals surface area contributed by atoms with Crippen LogP contribution >= 0.6 is 27.5 Å². The lowest BCUT2D eigenvalue weighted by Gasteiger charge is -2.17. The summed E-state index contributed by atoms with van der Waals surface area (Å²) in [4.78, 5) is 0. The molecule has 5 nitrogen and oxygen atoms in total. The minimum Gasteiger partial charge on any atom is -0.453 e. The van der Waals surface area contributed by atoms with Crippen molar-refractivity contribution in [3.05, 3.63) is 33.4 Å². The summed E-state index contributed by atoms with van der Waals surface area (Å²) in [6.07, 6.45) is 1.57. The Balaban J connectivity index is 2.46. The molecule has 0 aliphatic carbocycles. The van der Waals surface area contributed by atoms with E-state index in [4.69, 9.17) is 16.0 Å². The minimum absolute atomic E-state index is 0.0966. The lowest BCUT2D eigenvalue weighted by Crippen LogP contribution is -2.24. The van der Waals surface area contributed by atoms with E-state index in [-0.39, 0.29) is 6.04 Å². The summed E-state index contributed by atoms with van der Waals surface area (Å²) >= 11 is 9.41. The first-order valence-electron chi connectivity index (χ1n) is 5.16. The van der Waals surface area contributed by atoms with Gasteiger partial charge in [0.1, 0.15) is 0 Å². The van der Waals surface area contributed by atoms with E-state index in [2.05, 4.69) is 31.6 Å². The predicted molar refractivity (Wildman–Crippen MR) is 67.9 cm³/mol. The Bertz CT molecular complexity index is 491. The Kier molecular flexibility index (Phi) is 3.86. The van der Waals surface area contributed by atoms with Gasteiger partial charge in [0, 0.05) is 12.6 Å². The lowest BCUT2D eigenvalue weighted by molar-refractivity contribution is 0.540. The minimum atomic E-state index is -0.0966. The van der Waals surface area contributed by atoms with Gasteiger partial charge in [0.2, 0.25) is 0 Å². The van der Waals surface area contributed by atoms with E-state index in [9.17, 15) is 0 Å². The van der Waals surface area contributed by atoms with Gasteiger partial charge < -0.3 is 9.73 Å². The van der Waals surface area contributed by atoms with E-state index < -0.39 is 0 Å². The zero-order chi connectivity index (χ0) is 12.4. The largest absolute Gasteiger partial charge is 0.453 e. The van der Waals surface area contributed by atoms with E-state index in [1.54, 1.807) is 10.9 Å². The van der Waals surface area contributed by atoms with Crippen molar-refractivity contribution in [2.24, 2.45) is 7.05 Å². The molecule has 1 atom stereocenters. The third-order valence-electron chi connectivity index (χ3n) is 2.47. The molecule has 0 aromatic carbocycles. The van der Waals surface area contributed by atoms with Gasteiger partial charge in [-0.1, -0.05) is 12.1 Å². The second-order valence-electron chi connectivity index (χ2n) is 3.53. The van der Waals surface area contributed by atoms with Crippen LogP contribution in [-0.4, -0.2) is 21.5 Å². The molecule has 2 heterocycles. The Morgan fingerprint density at radius 2 is 2.41 bits per heavy atom. The van der Waals surface area contributed by atoms with Crippen LogP contribution < -0.4 is 5.32 Å². The normalized spacial score (nSPS) is 12.9. The number of rotatable bonds is 4. The van der Waals surface area contributed by atoms with Crippen molar-refractivity contribution < 1.29 is 4.42 Å². The van der Waals surface area contributed by atoms with E-state index in [1.165, 1.54) is 0 Å². The third-order valence-corrected chi connectivity index (χ3v) is 3.34. The number of nitrogens with zero attached hydrogens (tertiary/aromatic N) is 3. The van der Waals surface area contributed by atoms with Crippen molar-refractivity contribution in [3.8, 4) is 0 Å². The summed E-state index contributed by atoms with van der Waals surface area (Å²) < 4.78 is 7.54. The number of hydrogen-bond acceptors (Lipinski definition) is 4. The molecule has 0 radical (unpaired) electrons. The van der Waals surface area contributed by atoms with Crippen LogP contribution in [0.3, 0.4) is 0 Å². The molecule has 0 fully saturated rings. The Labute approximate surface area is 112 Å². The molecule has 0 aliphatic rings. The van der Waals surface area contributed by atoms with Crippen LogP contribution in [0.1, 0.15) is 24.2 Å². The topological polar surface area (TPSA) is 55.9 Å². The highest BCUT2D eigenvalue weighted by molar-refractivity contribution is 9.10. The molecule has 7 heteroatoms. The molecule has 0 aliphatic heterocycles. The van der Waals surface area contributed by atoms with Crippen molar-refractivity contribution in [2.45, 2.75) is 13.0 Å². The fourth-order valence-electron chi connectivity index (χ4n) is 1.71. The van der Waals surface area contributed by atoms with Gasteiger partial charge in [-0.05, 0) is 40.1 Å². The van der Waals surface area contributed by atoms with Gasteiger partial charge in [0.05, 0.1) is 18.0 Å². The highest BCUT2D eigenvalue weighted by Gasteiger charge is 2.24. The van der Waals surface area contributed by atoms with Gasteiger partial charge in [-0.2, -0.15) is 0 Å². The van der Waals surface area contributed by atoms with Gasteiger partial charge in [-0.15, -0.1) is 5.10 Å². The average Bonchev–Trinajstić information content (AvgIpc) is 2.84. The van der Waals surface area contributed by atoms with Crippen LogP contribution in [0.15, 0.2) is 21.3 Å². The monoisotopic (exact) mass is 318 g/mol. The van der Waals surface area contributed by atoms with Crippen molar-refractivity contribution in [3.63, 3.8) is 0 Å². The first kappa shape index (κ1) is 12.6. The van der Waals surface area contributed by atoms with Crippen LogP contribution in [0.25, 0.3) is 0 Å². The molecule has 2 aromatic heterocycles. The van der Waals surface area contributed by atoms with Gasteiger partial charge in [0.15, 0.2) is 9.82 Å². The van der Waals surface area contributed by atoms with Crippen molar-refractivity contribution in [1.29, 1.82) is 0 Å². The van der Waals surface area contributed by atoms with Gasteiger partial charge in [-0.3, -0.25) is 0 Å². The molecule has 2 rings (SSSR count). The maximum absolute atomic E-state index is 6.02. The average molecular weight is 320 g/mol. The van der Waals surface area contributed by atoms with E-state index in [0.29, 0.717) is 9.82 Å². The van der Waals surface area contributed by atoms with Crippen molar-refractivity contribution in [2.75, 3.05) is 6.54 Å². The Morgan fingerprint density at radius 3 is 2.88 bits per heavy atom. The zero-order valence-corrected chi connectivity index (χ0v) is 11.8. The molecular formula is C10H12BrClN4O. The number of aryl methyl sites for hydroxylation is 1. The SMILES string of the molecule is CCNC(c1ccoc1Cl)c1c(Br)nnn1C. The lowest BCUT2D eigenvalue weighted by atomic mass is 10.1. The maximum atomic E-state index is 6.02. The van der Waals surface area contributed by atoms with Crippen molar-refractivity contribution >= 4 is 27.5 Å². The van der Waals surface area contributed by atoms with Gasteiger partial charge >= 0.3 is 0 Å². The van der Waals surface area contributed by atoms with Crippen LogP contribution in [-0.2, 0) is 7.05 Å². The molecule has 17 heavy (non-hydrogen) atoms. The predicted octanol–water partition coefficient (Wildman–Crippen LogP) is 2.52. The summed E-state index contributed by atoms with van der Waals surface area (Å²) in [5.74, 6) is 0. The molecule has 1 N–H and O–H groups in total. The molecule has 2 aromatic rings. The molecule has 0 spiro atoms. The molecular weight excluding hydrogens is 307 g/mol. The Hall–Kier alpha value is -0.850. The molecule has 0 amide bonds. The summed E-state index contributed by atoms with van der Waals surface area (Å²) in [7, 11) is 1.84. The van der Waals surface area contributed by atoms with Gasteiger partial charge in [-0.25, -0.2) is 4.68 Å². The molecule has 0 saturated heterocycles. The molecule has 0 bridgehead atoms. The highest BCUT2D eigenvalue weighted by atomic mass is 79.9. The van der Waals surface area contributed by atoms with E-state index in [0.717, 1.165) is 17.8 Å². The van der Waals surface area contributed by atoms with Crippen LogP contribution in [0, 0.1) is 0 Å². The second-order valence-corrected chi connectivity index (χ2v) is 4.62. The number of aromatic nitrogens is 3. The maximum Gasteiger partial charge on any atom is 0.198 e. The van der Waals surface area contributed by atoms with Crippen LogP contribution in [0.2, 0.25) is 5.22 Å². The molecule has 0 saturated carbocycles. The standard InChI is InChI=1S/C10H12BrClN4O/c1-3-13-7(6-4-5-17-10(6)12)8-9(11)14-15-16(8)2/h4-5,7,13H,3H2,1-2H3. The summed E-state index contributed by atoms with van der Waals surface area (Å²) in [6, 6.07) is 1.75. The summed E-state index contributed by atoms with van der Waals surface area (Å²) in [6.45, 7) is 2.82. The Morgan fingerprint density at radius 1 is 1.65 bits per heavy atom. The second kappa shape index (κ2) is 5.20. The fourth-order valence-corrected chi connectivity index (χ4v) is 2.49. The van der Waals surface area contributed by atoms with Crippen LogP contribution in [0.4, 0.5) is 0 Å². The van der Waals surface area contributed by atoms with Gasteiger partial charge in [0.25, 0.3) is 0 Å². The van der Waals surface area contributed by atoms with Crippen LogP contribution in [0.5, 0.6) is 0 Å². The smallest absolute Gasteiger partial charge is 0.198 e. The quantitative estimate of drug-likeness (QED) is 0.941. The number of nitrogens with one attached hydrogen (secondary N) is 1. The van der Waals surface area contributed by atoms with E-state index in [1.807, 2.05) is 20.0 Å². The zero-order valence-electron chi connectivity index (χ0n) is 9.44. The molecule has 1 unspecified atom stereocenters. The first-order valence-corrected chi connectivity index (χ1v) is 6.33.